The van der Waals surface area contributed by atoms with Crippen molar-refractivity contribution in [1.82, 2.24) is 19.5 Å². The third kappa shape index (κ3) is 2.46. The van der Waals surface area contributed by atoms with Crippen LogP contribution in [-0.4, -0.2) is 51.6 Å². The molecule has 0 aliphatic carbocycles. The second-order valence-corrected chi connectivity index (χ2v) is 6.57. The lowest BCUT2D eigenvalue weighted by atomic mass is 10.3. The van der Waals surface area contributed by atoms with Crippen molar-refractivity contribution < 1.29 is 4.79 Å². The van der Waals surface area contributed by atoms with Gasteiger partial charge in [0.15, 0.2) is 5.65 Å². The first-order valence-electron chi connectivity index (χ1n) is 7.62. The molecule has 1 saturated heterocycles. The Morgan fingerprint density at radius 2 is 1.91 bits per heavy atom. The molecule has 0 bridgehead atoms. The Labute approximate surface area is 138 Å². The van der Waals surface area contributed by atoms with Crippen LogP contribution in [0, 0.1) is 6.92 Å². The van der Waals surface area contributed by atoms with Gasteiger partial charge in [0.05, 0.1) is 4.88 Å². The van der Waals surface area contributed by atoms with E-state index >= 15 is 0 Å². The van der Waals surface area contributed by atoms with Crippen molar-refractivity contribution in [3.05, 3.63) is 46.3 Å². The summed E-state index contributed by atoms with van der Waals surface area (Å²) in [5, 5.41) is 10.5. The highest BCUT2D eigenvalue weighted by atomic mass is 32.1. The van der Waals surface area contributed by atoms with E-state index in [1.165, 1.54) is 11.3 Å². The van der Waals surface area contributed by atoms with Crippen LogP contribution in [0.1, 0.15) is 15.4 Å². The summed E-state index contributed by atoms with van der Waals surface area (Å²) in [6.45, 7) is 5.00. The highest BCUT2D eigenvalue weighted by Gasteiger charge is 2.25. The van der Waals surface area contributed by atoms with Crippen molar-refractivity contribution in [2.75, 3.05) is 31.1 Å². The second-order valence-electron chi connectivity index (χ2n) is 5.62. The third-order valence-electron chi connectivity index (χ3n) is 4.19. The van der Waals surface area contributed by atoms with Gasteiger partial charge >= 0.3 is 0 Å². The van der Waals surface area contributed by atoms with Gasteiger partial charge in [0, 0.05) is 31.9 Å². The monoisotopic (exact) mass is 327 g/mol. The fourth-order valence-corrected chi connectivity index (χ4v) is 3.64. The number of piperazine rings is 1. The number of rotatable bonds is 2. The molecule has 0 saturated carbocycles. The smallest absolute Gasteiger partial charge is 0.264 e. The molecule has 0 unspecified atom stereocenters. The van der Waals surface area contributed by atoms with Crippen molar-refractivity contribution >= 4 is 28.8 Å². The minimum absolute atomic E-state index is 0.127. The number of pyridine rings is 1. The van der Waals surface area contributed by atoms with E-state index in [1.807, 2.05) is 34.5 Å². The zero-order valence-electron chi connectivity index (χ0n) is 12.8. The fraction of sp³-hybridized carbons (Fsp3) is 0.312. The molecule has 0 spiro atoms. The number of hydrogen-bond acceptors (Lipinski definition) is 5. The molecule has 0 aromatic carbocycles. The number of nitrogens with zero attached hydrogens (tertiary/aromatic N) is 5. The number of amides is 1. The Morgan fingerprint density at radius 3 is 2.65 bits per heavy atom. The number of carbonyl (C=O) groups is 1. The molecule has 7 heteroatoms. The van der Waals surface area contributed by atoms with Crippen LogP contribution in [0.25, 0.3) is 5.65 Å². The average molecular weight is 327 g/mol. The third-order valence-corrected chi connectivity index (χ3v) is 5.05. The van der Waals surface area contributed by atoms with E-state index in [-0.39, 0.29) is 5.91 Å². The van der Waals surface area contributed by atoms with E-state index in [2.05, 4.69) is 32.5 Å². The Hall–Kier alpha value is -2.41. The summed E-state index contributed by atoms with van der Waals surface area (Å²) < 4.78 is 2.07. The largest absolute Gasteiger partial charge is 0.337 e. The minimum Gasteiger partial charge on any atom is -0.337 e. The molecule has 23 heavy (non-hydrogen) atoms. The average Bonchev–Trinajstić information content (AvgIpc) is 3.25. The Balaban J connectivity index is 1.52. The normalized spacial score (nSPS) is 15.3. The summed E-state index contributed by atoms with van der Waals surface area (Å²) in [6, 6.07) is 9.80. The number of anilines is 1. The van der Waals surface area contributed by atoms with Crippen LogP contribution in [0.5, 0.6) is 0 Å². The first kappa shape index (κ1) is 14.2. The molecule has 3 aromatic rings. The van der Waals surface area contributed by atoms with E-state index < -0.39 is 0 Å². The number of fused-ring (bicyclic) bond motifs is 1. The molecule has 1 aliphatic heterocycles. The minimum atomic E-state index is 0.127. The van der Waals surface area contributed by atoms with Gasteiger partial charge in [-0.3, -0.25) is 9.20 Å². The van der Waals surface area contributed by atoms with Crippen LogP contribution in [0.2, 0.25) is 0 Å². The zero-order chi connectivity index (χ0) is 15.8. The molecule has 4 rings (SSSR count). The van der Waals surface area contributed by atoms with E-state index in [4.69, 9.17) is 0 Å². The Kier molecular flexibility index (Phi) is 3.49. The quantitative estimate of drug-likeness (QED) is 0.723. The molecular formula is C16H17N5OS. The van der Waals surface area contributed by atoms with E-state index in [0.717, 1.165) is 35.3 Å². The van der Waals surface area contributed by atoms with Crippen molar-refractivity contribution in [1.29, 1.82) is 0 Å². The van der Waals surface area contributed by atoms with Crippen LogP contribution in [0.15, 0.2) is 35.7 Å². The predicted molar refractivity (Wildman–Crippen MR) is 90.2 cm³/mol. The summed E-state index contributed by atoms with van der Waals surface area (Å²) in [5.74, 6) is 0.989. The molecule has 4 heterocycles. The summed E-state index contributed by atoms with van der Waals surface area (Å²) in [4.78, 5) is 17.3. The van der Waals surface area contributed by atoms with E-state index in [1.54, 1.807) is 0 Å². The molecule has 0 radical (unpaired) electrons. The molecule has 0 atom stereocenters. The number of aromatic nitrogens is 3. The molecule has 1 aliphatic rings. The molecule has 1 fully saturated rings. The predicted octanol–water partition coefficient (Wildman–Crippen LogP) is 2.06. The number of carbonyl (C=O) groups excluding carboxylic acids is 1. The molecule has 118 valence electrons. The lowest BCUT2D eigenvalue weighted by molar-refractivity contribution is 0.0751. The van der Waals surface area contributed by atoms with Crippen molar-refractivity contribution in [3.8, 4) is 0 Å². The zero-order valence-corrected chi connectivity index (χ0v) is 13.7. The summed E-state index contributed by atoms with van der Waals surface area (Å²) in [7, 11) is 0. The van der Waals surface area contributed by atoms with Gasteiger partial charge in [-0.1, -0.05) is 12.1 Å². The Bertz CT molecular complexity index is 833. The highest BCUT2D eigenvalue weighted by Crippen LogP contribution is 2.19. The Morgan fingerprint density at radius 1 is 1.09 bits per heavy atom. The van der Waals surface area contributed by atoms with Gasteiger partial charge in [-0.15, -0.1) is 21.5 Å². The number of thiophene rings is 1. The summed E-state index contributed by atoms with van der Waals surface area (Å²) >= 11 is 1.50. The maximum absolute atomic E-state index is 12.4. The van der Waals surface area contributed by atoms with Gasteiger partial charge in [0.1, 0.15) is 0 Å². The van der Waals surface area contributed by atoms with Crippen molar-refractivity contribution in [3.63, 3.8) is 0 Å². The van der Waals surface area contributed by atoms with Crippen LogP contribution in [-0.2, 0) is 0 Å². The summed E-state index contributed by atoms with van der Waals surface area (Å²) in [5.41, 5.74) is 1.97. The maximum atomic E-state index is 12.4. The molecule has 3 aromatic heterocycles. The fourth-order valence-electron chi connectivity index (χ4n) is 2.95. The summed E-state index contributed by atoms with van der Waals surface area (Å²) in [6.07, 6.45) is 0. The highest BCUT2D eigenvalue weighted by molar-refractivity contribution is 7.12. The van der Waals surface area contributed by atoms with Crippen LogP contribution < -0.4 is 4.90 Å². The second kappa shape index (κ2) is 5.66. The molecule has 6 nitrogen and oxygen atoms in total. The van der Waals surface area contributed by atoms with Crippen molar-refractivity contribution in [2.24, 2.45) is 0 Å². The molecule has 0 N–H and O–H groups in total. The van der Waals surface area contributed by atoms with Gasteiger partial charge < -0.3 is 9.80 Å². The van der Waals surface area contributed by atoms with Gasteiger partial charge in [-0.05, 0) is 30.5 Å². The first-order valence-corrected chi connectivity index (χ1v) is 8.50. The van der Waals surface area contributed by atoms with Crippen LogP contribution >= 0.6 is 11.3 Å². The van der Waals surface area contributed by atoms with Gasteiger partial charge in [0.2, 0.25) is 5.95 Å². The number of aryl methyl sites for hydroxylation is 1. The van der Waals surface area contributed by atoms with Gasteiger partial charge in [-0.2, -0.15) is 0 Å². The van der Waals surface area contributed by atoms with Crippen LogP contribution in [0.3, 0.4) is 0 Å². The molecular weight excluding hydrogens is 310 g/mol. The van der Waals surface area contributed by atoms with Crippen molar-refractivity contribution in [2.45, 2.75) is 6.92 Å². The van der Waals surface area contributed by atoms with Gasteiger partial charge in [-0.25, -0.2) is 0 Å². The molecule has 1 amide bonds. The van der Waals surface area contributed by atoms with E-state index in [9.17, 15) is 4.79 Å². The SMILES string of the molecule is Cc1cccc2nnc(N3CCN(C(=O)c4cccs4)CC3)n12. The topological polar surface area (TPSA) is 53.7 Å². The van der Waals surface area contributed by atoms with Crippen LogP contribution in [0.4, 0.5) is 5.95 Å². The first-order chi connectivity index (χ1) is 11.2. The van der Waals surface area contributed by atoms with Gasteiger partial charge in [0.25, 0.3) is 5.91 Å². The standard InChI is InChI=1S/C16H17N5OS/c1-12-4-2-6-14-17-18-16(21(12)14)20-9-7-19(8-10-20)15(22)13-5-3-11-23-13/h2-6,11H,7-10H2,1H3. The van der Waals surface area contributed by atoms with E-state index in [0.29, 0.717) is 13.1 Å². The number of hydrogen-bond donors (Lipinski definition) is 0. The lowest BCUT2D eigenvalue weighted by Gasteiger charge is -2.34. The maximum Gasteiger partial charge on any atom is 0.264 e. The lowest BCUT2D eigenvalue weighted by Crippen LogP contribution is -2.49.